The van der Waals surface area contributed by atoms with Crippen LogP contribution in [0.5, 0.6) is 0 Å². The zero-order valence-electron chi connectivity index (χ0n) is 7.93. The van der Waals surface area contributed by atoms with Gasteiger partial charge in [-0.25, -0.2) is 0 Å². The van der Waals surface area contributed by atoms with Crippen molar-refractivity contribution in [3.63, 3.8) is 0 Å². The molecule has 0 N–H and O–H groups in total. The summed E-state index contributed by atoms with van der Waals surface area (Å²) in [6.45, 7) is 9.84. The van der Waals surface area contributed by atoms with Gasteiger partial charge in [0.25, 0.3) is 0 Å². The van der Waals surface area contributed by atoms with E-state index in [1.54, 1.807) is 0 Å². The van der Waals surface area contributed by atoms with Crippen LogP contribution in [0, 0.1) is 11.8 Å². The molecule has 0 spiro atoms. The first-order chi connectivity index (χ1) is 5.11. The second-order valence-corrected chi connectivity index (χ2v) is 3.99. The van der Waals surface area contributed by atoms with Crippen LogP contribution < -0.4 is 0 Å². The fourth-order valence-corrected chi connectivity index (χ4v) is 1.66. The molecule has 11 heavy (non-hydrogen) atoms. The number of allylic oxidation sites excluding steroid dienone is 1. The van der Waals surface area contributed by atoms with Crippen molar-refractivity contribution in [2.75, 3.05) is 13.6 Å². The number of rotatable bonds is 1. The molecule has 0 aromatic rings. The highest BCUT2D eigenvalue weighted by molar-refractivity contribution is 4.97. The van der Waals surface area contributed by atoms with E-state index in [-0.39, 0.29) is 0 Å². The molecule has 0 saturated carbocycles. The quantitative estimate of drug-likeness (QED) is 0.559. The maximum absolute atomic E-state index is 4.01. The molecule has 0 radical (unpaired) electrons. The second kappa shape index (κ2) is 3.29. The zero-order chi connectivity index (χ0) is 8.43. The summed E-state index contributed by atoms with van der Waals surface area (Å²) in [6.07, 6.45) is 2.53. The van der Waals surface area contributed by atoms with E-state index in [1.807, 2.05) is 0 Å². The van der Waals surface area contributed by atoms with Crippen molar-refractivity contribution in [1.82, 2.24) is 4.90 Å². The van der Waals surface area contributed by atoms with Gasteiger partial charge in [0.15, 0.2) is 0 Å². The molecule has 1 atom stereocenters. The third-order valence-corrected chi connectivity index (χ3v) is 2.79. The molecule has 1 fully saturated rings. The Labute approximate surface area is 70.1 Å². The summed E-state index contributed by atoms with van der Waals surface area (Å²) in [7, 11) is 2.15. The fourth-order valence-electron chi connectivity index (χ4n) is 1.66. The number of piperidine rings is 1. The van der Waals surface area contributed by atoms with Crippen LogP contribution in [0.1, 0.15) is 26.7 Å². The lowest BCUT2D eigenvalue weighted by Gasteiger charge is -2.35. The van der Waals surface area contributed by atoms with Crippen molar-refractivity contribution >= 4 is 0 Å². The van der Waals surface area contributed by atoms with Crippen LogP contribution in [-0.2, 0) is 0 Å². The first-order valence-corrected chi connectivity index (χ1v) is 4.50. The van der Waals surface area contributed by atoms with E-state index in [2.05, 4.69) is 32.4 Å². The Hall–Kier alpha value is -0.460. The molecule has 1 aliphatic rings. The standard InChI is InChI=1S/C10H19N/c1-8(2)10-6-5-9(3)11(4)7-10/h8,10H,3,5-7H2,1-2,4H3. The molecule has 1 heteroatoms. The van der Waals surface area contributed by atoms with Gasteiger partial charge in [-0.1, -0.05) is 20.4 Å². The van der Waals surface area contributed by atoms with Crippen LogP contribution in [0.3, 0.4) is 0 Å². The zero-order valence-corrected chi connectivity index (χ0v) is 7.93. The lowest BCUT2D eigenvalue weighted by molar-refractivity contribution is 0.216. The molecule has 1 heterocycles. The van der Waals surface area contributed by atoms with E-state index in [4.69, 9.17) is 0 Å². The molecule has 1 unspecified atom stereocenters. The van der Waals surface area contributed by atoms with Gasteiger partial charge >= 0.3 is 0 Å². The van der Waals surface area contributed by atoms with Crippen LogP contribution in [-0.4, -0.2) is 18.5 Å². The van der Waals surface area contributed by atoms with Gasteiger partial charge < -0.3 is 4.90 Å². The lowest BCUT2D eigenvalue weighted by Crippen LogP contribution is -2.32. The molecule has 1 nitrogen and oxygen atoms in total. The molecule has 0 bridgehead atoms. The summed E-state index contributed by atoms with van der Waals surface area (Å²) in [6, 6.07) is 0. The maximum Gasteiger partial charge on any atom is 0.0202 e. The molecule has 1 saturated heterocycles. The Morgan fingerprint density at radius 1 is 1.55 bits per heavy atom. The van der Waals surface area contributed by atoms with E-state index in [1.165, 1.54) is 25.1 Å². The summed E-state index contributed by atoms with van der Waals surface area (Å²) < 4.78 is 0. The minimum Gasteiger partial charge on any atom is -0.378 e. The van der Waals surface area contributed by atoms with E-state index >= 15 is 0 Å². The van der Waals surface area contributed by atoms with Crippen LogP contribution in [0.25, 0.3) is 0 Å². The topological polar surface area (TPSA) is 3.24 Å². The number of nitrogens with zero attached hydrogens (tertiary/aromatic N) is 1. The van der Waals surface area contributed by atoms with Crippen molar-refractivity contribution < 1.29 is 0 Å². The predicted molar refractivity (Wildman–Crippen MR) is 49.3 cm³/mol. The van der Waals surface area contributed by atoms with Crippen LogP contribution >= 0.6 is 0 Å². The third-order valence-electron chi connectivity index (χ3n) is 2.79. The van der Waals surface area contributed by atoms with Gasteiger partial charge in [0.2, 0.25) is 0 Å². The molecular weight excluding hydrogens is 134 g/mol. The van der Waals surface area contributed by atoms with Crippen molar-refractivity contribution in [3.8, 4) is 0 Å². The Bertz CT molecular complexity index is 149. The summed E-state index contributed by atoms with van der Waals surface area (Å²) in [5.74, 6) is 1.70. The number of hydrogen-bond acceptors (Lipinski definition) is 1. The van der Waals surface area contributed by atoms with Gasteiger partial charge in [-0.15, -0.1) is 0 Å². The van der Waals surface area contributed by atoms with Gasteiger partial charge in [-0.2, -0.15) is 0 Å². The Morgan fingerprint density at radius 3 is 2.64 bits per heavy atom. The molecule has 64 valence electrons. The van der Waals surface area contributed by atoms with Crippen LogP contribution in [0.4, 0.5) is 0 Å². The van der Waals surface area contributed by atoms with Gasteiger partial charge in [0.1, 0.15) is 0 Å². The van der Waals surface area contributed by atoms with Gasteiger partial charge in [-0.3, -0.25) is 0 Å². The highest BCUT2D eigenvalue weighted by Crippen LogP contribution is 2.27. The molecule has 0 aromatic heterocycles. The van der Waals surface area contributed by atoms with Gasteiger partial charge in [0, 0.05) is 19.3 Å². The molecule has 0 aromatic carbocycles. The highest BCUT2D eigenvalue weighted by atomic mass is 15.1. The second-order valence-electron chi connectivity index (χ2n) is 3.99. The molecule has 0 aliphatic carbocycles. The third kappa shape index (κ3) is 1.98. The fraction of sp³-hybridized carbons (Fsp3) is 0.800. The maximum atomic E-state index is 4.01. The largest absolute Gasteiger partial charge is 0.378 e. The van der Waals surface area contributed by atoms with Crippen LogP contribution in [0.2, 0.25) is 0 Å². The van der Waals surface area contributed by atoms with Gasteiger partial charge in [-0.05, 0) is 24.7 Å². The minimum absolute atomic E-state index is 0.825. The minimum atomic E-state index is 0.825. The SMILES string of the molecule is C=C1CCC(C(C)C)CN1C. The Balaban J connectivity index is 2.46. The van der Waals surface area contributed by atoms with E-state index in [0.29, 0.717) is 0 Å². The first kappa shape index (κ1) is 8.63. The average Bonchev–Trinajstić information content (AvgIpc) is 1.94. The Kier molecular flexibility index (Phi) is 2.58. The monoisotopic (exact) mass is 153 g/mol. The van der Waals surface area contributed by atoms with Gasteiger partial charge in [0.05, 0.1) is 0 Å². The van der Waals surface area contributed by atoms with E-state index in [9.17, 15) is 0 Å². The number of likely N-dealkylation sites (tertiary alicyclic amines) is 1. The number of hydrogen-bond donors (Lipinski definition) is 0. The molecule has 1 rings (SSSR count). The van der Waals surface area contributed by atoms with E-state index in [0.717, 1.165) is 11.8 Å². The smallest absolute Gasteiger partial charge is 0.0202 e. The average molecular weight is 153 g/mol. The summed E-state index contributed by atoms with van der Waals surface area (Å²) >= 11 is 0. The van der Waals surface area contributed by atoms with Crippen molar-refractivity contribution in [2.24, 2.45) is 11.8 Å². The summed E-state index contributed by atoms with van der Waals surface area (Å²) in [5.41, 5.74) is 1.31. The van der Waals surface area contributed by atoms with Crippen molar-refractivity contribution in [2.45, 2.75) is 26.7 Å². The molecule has 1 aliphatic heterocycles. The Morgan fingerprint density at radius 2 is 2.18 bits per heavy atom. The molecular formula is C10H19N. The molecule has 0 amide bonds. The summed E-state index contributed by atoms with van der Waals surface area (Å²) in [4.78, 5) is 2.30. The van der Waals surface area contributed by atoms with Crippen molar-refractivity contribution in [3.05, 3.63) is 12.3 Å². The van der Waals surface area contributed by atoms with Crippen LogP contribution in [0.15, 0.2) is 12.3 Å². The van der Waals surface area contributed by atoms with Crippen molar-refractivity contribution in [1.29, 1.82) is 0 Å². The first-order valence-electron chi connectivity index (χ1n) is 4.50. The normalized spacial score (nSPS) is 26.4. The van der Waals surface area contributed by atoms with E-state index < -0.39 is 0 Å². The highest BCUT2D eigenvalue weighted by Gasteiger charge is 2.21. The predicted octanol–water partition coefficient (Wildman–Crippen LogP) is 2.50. The lowest BCUT2D eigenvalue weighted by atomic mass is 9.87. The summed E-state index contributed by atoms with van der Waals surface area (Å²) in [5, 5.41) is 0.